The van der Waals surface area contributed by atoms with E-state index in [2.05, 4.69) is 22.9 Å². The molecule has 0 bridgehead atoms. The zero-order valence-corrected chi connectivity index (χ0v) is 23.9. The topological polar surface area (TPSA) is 117 Å². The van der Waals surface area contributed by atoms with Gasteiger partial charge in [0.1, 0.15) is 24.4 Å². The highest BCUT2D eigenvalue weighted by Gasteiger charge is 2.31. The molecule has 0 radical (unpaired) electrons. The largest absolute Gasteiger partial charge is 0.491 e. The van der Waals surface area contributed by atoms with Crippen molar-refractivity contribution < 1.29 is 23.9 Å². The van der Waals surface area contributed by atoms with Crippen molar-refractivity contribution in [1.82, 2.24) is 20.9 Å². The normalized spacial score (nSPS) is 21.1. The average Bonchev–Trinajstić information content (AvgIpc) is 2.98. The summed E-state index contributed by atoms with van der Waals surface area (Å²) < 4.78 is 6.01. The number of nitrogens with zero attached hydrogens (tertiary/aromatic N) is 1. The predicted octanol–water partition coefficient (Wildman–Crippen LogP) is 3.37. The molecule has 0 saturated heterocycles. The number of carbonyl (C=O) groups excluding carboxylic acids is 4. The molecule has 4 rings (SSSR count). The van der Waals surface area contributed by atoms with Crippen LogP contribution in [0.3, 0.4) is 0 Å². The first-order chi connectivity index (χ1) is 19.9. The maximum absolute atomic E-state index is 13.9. The number of ether oxygens (including phenoxy) is 1. The average molecular weight is 563 g/mol. The summed E-state index contributed by atoms with van der Waals surface area (Å²) in [6.07, 6.45) is 6.67. The Morgan fingerprint density at radius 2 is 1.71 bits per heavy atom. The van der Waals surface area contributed by atoms with Gasteiger partial charge < -0.3 is 25.6 Å². The standard InChI is InChI=1S/C32H42N4O5/c1-2-3-18-36-19-20-41-28-17-11-10-16-25(28)30(38)35-26(31(39)33-24-14-8-5-9-15-24)22-29(37)34-27(32(36)40)21-23-12-6-4-7-13-23/h4,6-7,10-13,16-17,24,26-27H,2-3,5,8-9,14-15,18-22H2,1H3,(H,33,39)(H,34,37)(H,35,38)/t26-,27-/m0/s1. The monoisotopic (exact) mass is 562 g/mol. The third-order valence-corrected chi connectivity index (χ3v) is 7.72. The van der Waals surface area contributed by atoms with Crippen molar-refractivity contribution in [2.45, 2.75) is 82.8 Å². The zero-order chi connectivity index (χ0) is 29.0. The molecular weight excluding hydrogens is 520 g/mol. The van der Waals surface area contributed by atoms with Gasteiger partial charge in [0.15, 0.2) is 0 Å². The molecule has 9 heteroatoms. The molecule has 0 unspecified atom stereocenters. The van der Waals surface area contributed by atoms with Gasteiger partial charge in [-0.2, -0.15) is 0 Å². The maximum Gasteiger partial charge on any atom is 0.255 e. The number of hydrogen-bond acceptors (Lipinski definition) is 5. The Hall–Kier alpha value is -3.88. The highest BCUT2D eigenvalue weighted by Crippen LogP contribution is 2.20. The first-order valence-corrected chi connectivity index (χ1v) is 14.9. The van der Waals surface area contributed by atoms with E-state index in [9.17, 15) is 19.2 Å². The summed E-state index contributed by atoms with van der Waals surface area (Å²) in [5, 5.41) is 8.71. The third-order valence-electron chi connectivity index (χ3n) is 7.72. The summed E-state index contributed by atoms with van der Waals surface area (Å²) in [6, 6.07) is 14.4. The highest BCUT2D eigenvalue weighted by molar-refractivity contribution is 6.01. The van der Waals surface area contributed by atoms with Crippen molar-refractivity contribution in [1.29, 1.82) is 0 Å². The Bertz CT molecular complexity index is 1180. The van der Waals surface area contributed by atoms with Crippen LogP contribution in [0.5, 0.6) is 5.75 Å². The van der Waals surface area contributed by atoms with Crippen LogP contribution in [-0.2, 0) is 20.8 Å². The van der Waals surface area contributed by atoms with Gasteiger partial charge >= 0.3 is 0 Å². The number of amides is 4. The van der Waals surface area contributed by atoms with Gasteiger partial charge in [0, 0.05) is 19.0 Å². The van der Waals surface area contributed by atoms with Crippen molar-refractivity contribution in [3.63, 3.8) is 0 Å². The fraction of sp³-hybridized carbons (Fsp3) is 0.500. The second kappa shape index (κ2) is 15.2. The molecule has 1 aliphatic heterocycles. The molecule has 2 aromatic rings. The number of nitrogens with one attached hydrogen (secondary N) is 3. The Kier molecular flexibility index (Phi) is 11.2. The van der Waals surface area contributed by atoms with Crippen LogP contribution < -0.4 is 20.7 Å². The van der Waals surface area contributed by atoms with Crippen LogP contribution in [0, 0.1) is 0 Å². The van der Waals surface area contributed by atoms with Crippen molar-refractivity contribution in [2.75, 3.05) is 19.7 Å². The van der Waals surface area contributed by atoms with Crippen LogP contribution in [-0.4, -0.2) is 66.4 Å². The van der Waals surface area contributed by atoms with E-state index >= 15 is 0 Å². The number of carbonyl (C=O) groups is 4. The van der Waals surface area contributed by atoms with Gasteiger partial charge in [-0.15, -0.1) is 0 Å². The van der Waals surface area contributed by atoms with E-state index in [0.717, 1.165) is 50.5 Å². The number of fused-ring (bicyclic) bond motifs is 1. The van der Waals surface area contributed by atoms with Crippen LogP contribution in [0.4, 0.5) is 0 Å². The fourth-order valence-corrected chi connectivity index (χ4v) is 5.43. The summed E-state index contributed by atoms with van der Waals surface area (Å²) >= 11 is 0. The molecule has 2 atom stereocenters. The minimum absolute atomic E-state index is 0.0134. The van der Waals surface area contributed by atoms with E-state index < -0.39 is 29.8 Å². The van der Waals surface area contributed by atoms with E-state index in [1.165, 1.54) is 0 Å². The molecule has 220 valence electrons. The predicted molar refractivity (Wildman–Crippen MR) is 156 cm³/mol. The van der Waals surface area contributed by atoms with Crippen molar-refractivity contribution in [3.05, 3.63) is 65.7 Å². The second-order valence-electron chi connectivity index (χ2n) is 10.9. The molecule has 1 heterocycles. The highest BCUT2D eigenvalue weighted by atomic mass is 16.5. The van der Waals surface area contributed by atoms with Gasteiger partial charge in [0.25, 0.3) is 5.91 Å². The minimum Gasteiger partial charge on any atom is -0.491 e. The van der Waals surface area contributed by atoms with E-state index in [1.807, 2.05) is 30.3 Å². The van der Waals surface area contributed by atoms with Crippen molar-refractivity contribution in [2.24, 2.45) is 0 Å². The first kappa shape index (κ1) is 30.1. The van der Waals surface area contributed by atoms with Crippen LogP contribution in [0.15, 0.2) is 54.6 Å². The smallest absolute Gasteiger partial charge is 0.255 e. The summed E-state index contributed by atoms with van der Waals surface area (Å²) in [5.74, 6) is -1.20. The van der Waals surface area contributed by atoms with Crippen LogP contribution in [0.25, 0.3) is 0 Å². The molecule has 0 aromatic heterocycles. The Balaban J connectivity index is 1.63. The maximum atomic E-state index is 13.9. The van der Waals surface area contributed by atoms with Gasteiger partial charge in [0.05, 0.1) is 18.5 Å². The third kappa shape index (κ3) is 8.80. The lowest BCUT2D eigenvalue weighted by molar-refractivity contribution is -0.137. The summed E-state index contributed by atoms with van der Waals surface area (Å²) in [4.78, 5) is 55.8. The number of benzene rings is 2. The van der Waals surface area contributed by atoms with Crippen LogP contribution >= 0.6 is 0 Å². The van der Waals surface area contributed by atoms with Crippen molar-refractivity contribution >= 4 is 23.6 Å². The minimum atomic E-state index is -1.11. The van der Waals surface area contributed by atoms with E-state index in [-0.39, 0.29) is 30.5 Å². The molecule has 1 aliphatic carbocycles. The van der Waals surface area contributed by atoms with E-state index in [1.54, 1.807) is 29.2 Å². The molecule has 3 N–H and O–H groups in total. The van der Waals surface area contributed by atoms with Gasteiger partial charge in [-0.25, -0.2) is 0 Å². The van der Waals surface area contributed by atoms with Gasteiger partial charge in [-0.3, -0.25) is 19.2 Å². The Labute approximate surface area is 242 Å². The van der Waals surface area contributed by atoms with Crippen LogP contribution in [0.1, 0.15) is 74.2 Å². The quantitative estimate of drug-likeness (QED) is 0.479. The van der Waals surface area contributed by atoms with Gasteiger partial charge in [-0.1, -0.05) is 75.1 Å². The zero-order valence-electron chi connectivity index (χ0n) is 23.9. The number of hydrogen-bond donors (Lipinski definition) is 3. The lowest BCUT2D eigenvalue weighted by Gasteiger charge is -2.30. The van der Waals surface area contributed by atoms with E-state index in [4.69, 9.17) is 4.74 Å². The molecule has 2 aliphatic rings. The summed E-state index contributed by atoms with van der Waals surface area (Å²) in [7, 11) is 0. The molecule has 1 fully saturated rings. The lowest BCUT2D eigenvalue weighted by atomic mass is 9.95. The number of unbranched alkanes of at least 4 members (excludes halogenated alkanes) is 1. The lowest BCUT2D eigenvalue weighted by Crippen LogP contribution is -2.55. The molecule has 9 nitrogen and oxygen atoms in total. The first-order valence-electron chi connectivity index (χ1n) is 14.9. The van der Waals surface area contributed by atoms with Crippen molar-refractivity contribution in [3.8, 4) is 5.75 Å². The second-order valence-corrected chi connectivity index (χ2v) is 10.9. The number of para-hydroxylation sites is 1. The Morgan fingerprint density at radius 1 is 0.976 bits per heavy atom. The summed E-state index contributed by atoms with van der Waals surface area (Å²) in [6.45, 7) is 3.07. The molecule has 2 aromatic carbocycles. The molecule has 0 spiro atoms. The molecule has 4 amide bonds. The van der Waals surface area contributed by atoms with Gasteiger partial charge in [0.2, 0.25) is 17.7 Å². The molecular formula is C32H42N4O5. The number of rotatable bonds is 7. The van der Waals surface area contributed by atoms with Crippen LogP contribution in [0.2, 0.25) is 0 Å². The van der Waals surface area contributed by atoms with E-state index in [0.29, 0.717) is 25.3 Å². The fourth-order valence-electron chi connectivity index (χ4n) is 5.43. The molecule has 41 heavy (non-hydrogen) atoms. The summed E-state index contributed by atoms with van der Waals surface area (Å²) in [5.41, 5.74) is 1.18. The Morgan fingerprint density at radius 3 is 2.46 bits per heavy atom. The van der Waals surface area contributed by atoms with Gasteiger partial charge in [-0.05, 0) is 37.0 Å². The SMILES string of the molecule is CCCCN1CCOc2ccccc2C(=O)N[C@H](C(=O)NC2CCCCC2)CC(=O)N[C@@H](Cc2ccccc2)C1=O. The molecule has 1 saturated carbocycles.